The fraction of sp³-hybridized carbons (Fsp3) is 0.182. The minimum atomic E-state index is -0.517. The molecular formula is C22H20N8O3. The predicted octanol–water partition coefficient (Wildman–Crippen LogP) is 2.38. The SMILES string of the molecule is CCOc1ccc(-c2c(C(=O)NN=C3CCc4ccccc43)nnn2-c2nonc2N)cc1. The average Bonchev–Trinajstić information content (AvgIpc) is 3.56. The molecule has 11 nitrogen and oxygen atoms in total. The lowest BCUT2D eigenvalue weighted by Crippen LogP contribution is -2.21. The maximum atomic E-state index is 13.1. The number of rotatable bonds is 6. The van der Waals surface area contributed by atoms with Gasteiger partial charge in [0.25, 0.3) is 5.91 Å². The molecule has 1 amide bonds. The predicted molar refractivity (Wildman–Crippen MR) is 119 cm³/mol. The second kappa shape index (κ2) is 8.54. The summed E-state index contributed by atoms with van der Waals surface area (Å²) in [4.78, 5) is 13.1. The van der Waals surface area contributed by atoms with Crippen LogP contribution in [0.1, 0.15) is 35.0 Å². The van der Waals surface area contributed by atoms with Crippen molar-refractivity contribution >= 4 is 17.4 Å². The third kappa shape index (κ3) is 3.80. The Morgan fingerprint density at radius 2 is 2.00 bits per heavy atom. The Labute approximate surface area is 188 Å². The number of aromatic nitrogens is 5. The Balaban J connectivity index is 1.51. The summed E-state index contributed by atoms with van der Waals surface area (Å²) in [5.74, 6) is 0.320. The first-order valence-corrected chi connectivity index (χ1v) is 10.4. The molecule has 0 fully saturated rings. The van der Waals surface area contributed by atoms with E-state index in [9.17, 15) is 4.79 Å². The number of ether oxygens (including phenoxy) is 1. The van der Waals surface area contributed by atoms with Gasteiger partial charge in [0.15, 0.2) is 5.69 Å². The van der Waals surface area contributed by atoms with E-state index in [1.54, 1.807) is 24.3 Å². The van der Waals surface area contributed by atoms with E-state index in [2.05, 4.69) is 37.2 Å². The monoisotopic (exact) mass is 444 g/mol. The molecule has 1 aliphatic carbocycles. The summed E-state index contributed by atoms with van der Waals surface area (Å²) in [6, 6.07) is 15.2. The average molecular weight is 444 g/mol. The molecule has 0 radical (unpaired) electrons. The Kier molecular flexibility index (Phi) is 5.27. The van der Waals surface area contributed by atoms with Crippen molar-refractivity contribution in [1.82, 2.24) is 30.7 Å². The molecule has 166 valence electrons. The van der Waals surface area contributed by atoms with E-state index >= 15 is 0 Å². The van der Waals surface area contributed by atoms with Gasteiger partial charge in [-0.2, -0.15) is 9.78 Å². The number of amides is 1. The lowest BCUT2D eigenvalue weighted by molar-refractivity contribution is 0.0950. The van der Waals surface area contributed by atoms with Crippen molar-refractivity contribution in [1.29, 1.82) is 0 Å². The first-order valence-electron chi connectivity index (χ1n) is 10.4. The maximum absolute atomic E-state index is 13.1. The van der Waals surface area contributed by atoms with Gasteiger partial charge in [0.05, 0.1) is 12.3 Å². The number of carbonyl (C=O) groups excluding carboxylic acids is 1. The summed E-state index contributed by atoms with van der Waals surface area (Å²) in [7, 11) is 0. The van der Waals surface area contributed by atoms with Crippen molar-refractivity contribution in [2.45, 2.75) is 19.8 Å². The van der Waals surface area contributed by atoms with Gasteiger partial charge in [0.2, 0.25) is 11.6 Å². The molecule has 3 N–H and O–H groups in total. The maximum Gasteiger partial charge on any atom is 0.294 e. The van der Waals surface area contributed by atoms with Crippen molar-refractivity contribution in [2.24, 2.45) is 5.10 Å². The number of carbonyl (C=O) groups is 1. The zero-order chi connectivity index (χ0) is 22.8. The largest absolute Gasteiger partial charge is 0.494 e. The lowest BCUT2D eigenvalue weighted by Gasteiger charge is -2.08. The third-order valence-corrected chi connectivity index (χ3v) is 5.27. The topological polar surface area (TPSA) is 146 Å². The standard InChI is InChI=1S/C22H20N8O3/c1-2-32-15-10-7-14(8-11-15)19-18(25-29-30(19)21-20(23)27-33-28-21)22(31)26-24-17-12-9-13-5-3-4-6-16(13)17/h3-8,10-11H,2,9,12H2,1H3,(H2,23,27)(H,26,31). The van der Waals surface area contributed by atoms with Gasteiger partial charge in [0, 0.05) is 11.1 Å². The van der Waals surface area contributed by atoms with E-state index in [4.69, 9.17) is 15.1 Å². The fourth-order valence-electron chi connectivity index (χ4n) is 3.75. The van der Waals surface area contributed by atoms with E-state index < -0.39 is 5.91 Å². The number of benzene rings is 2. The quantitative estimate of drug-likeness (QED) is 0.431. The summed E-state index contributed by atoms with van der Waals surface area (Å²) < 4.78 is 11.5. The molecule has 2 heterocycles. The van der Waals surface area contributed by atoms with Gasteiger partial charge in [-0.15, -0.1) is 5.10 Å². The van der Waals surface area contributed by atoms with Crippen LogP contribution in [-0.4, -0.2) is 43.5 Å². The molecule has 0 atom stereocenters. The third-order valence-electron chi connectivity index (χ3n) is 5.27. The van der Waals surface area contributed by atoms with E-state index in [0.717, 1.165) is 24.1 Å². The minimum Gasteiger partial charge on any atom is -0.494 e. The highest BCUT2D eigenvalue weighted by atomic mass is 16.6. The number of fused-ring (bicyclic) bond motifs is 1. The summed E-state index contributed by atoms with van der Waals surface area (Å²) in [6.07, 6.45) is 1.64. The van der Waals surface area contributed by atoms with Crippen LogP contribution in [0.15, 0.2) is 58.3 Å². The summed E-state index contributed by atoms with van der Waals surface area (Å²) in [5.41, 5.74) is 12.6. The second-order valence-corrected chi connectivity index (χ2v) is 7.29. The summed E-state index contributed by atoms with van der Waals surface area (Å²) >= 11 is 0. The zero-order valence-corrected chi connectivity index (χ0v) is 17.7. The Bertz CT molecular complexity index is 1340. The lowest BCUT2D eigenvalue weighted by atomic mass is 10.1. The van der Waals surface area contributed by atoms with E-state index in [1.807, 2.05) is 25.1 Å². The van der Waals surface area contributed by atoms with Crippen molar-refractivity contribution in [3.8, 4) is 22.8 Å². The number of hydrogen-bond acceptors (Lipinski definition) is 9. The number of nitrogens with zero attached hydrogens (tertiary/aromatic N) is 6. The molecule has 2 aromatic carbocycles. The number of hydrazone groups is 1. The second-order valence-electron chi connectivity index (χ2n) is 7.29. The molecule has 11 heteroatoms. The van der Waals surface area contributed by atoms with Gasteiger partial charge in [0.1, 0.15) is 11.4 Å². The Morgan fingerprint density at radius 3 is 2.76 bits per heavy atom. The highest BCUT2D eigenvalue weighted by Gasteiger charge is 2.26. The molecule has 1 aliphatic rings. The van der Waals surface area contributed by atoms with Crippen LogP contribution in [0.4, 0.5) is 5.82 Å². The number of nitrogen functional groups attached to an aromatic ring is 1. The number of nitrogens with two attached hydrogens (primary N) is 1. The van der Waals surface area contributed by atoms with Gasteiger partial charge in [-0.1, -0.05) is 29.5 Å². The van der Waals surface area contributed by atoms with Gasteiger partial charge >= 0.3 is 0 Å². The summed E-state index contributed by atoms with van der Waals surface area (Å²) in [5, 5.41) is 19.9. The van der Waals surface area contributed by atoms with E-state index in [0.29, 0.717) is 23.6 Å². The van der Waals surface area contributed by atoms with Gasteiger partial charge in [-0.05, 0) is 59.9 Å². The van der Waals surface area contributed by atoms with Crippen LogP contribution in [0.5, 0.6) is 5.75 Å². The number of nitrogens with one attached hydrogen (secondary N) is 1. The van der Waals surface area contributed by atoms with Crippen LogP contribution in [0.3, 0.4) is 0 Å². The number of anilines is 1. The van der Waals surface area contributed by atoms with Crippen LogP contribution in [0, 0.1) is 0 Å². The van der Waals surface area contributed by atoms with Gasteiger partial charge in [-0.3, -0.25) is 4.79 Å². The molecule has 0 saturated carbocycles. The molecule has 0 unspecified atom stereocenters. The molecule has 0 saturated heterocycles. The molecule has 0 spiro atoms. The Hall–Kier alpha value is -4.54. The van der Waals surface area contributed by atoms with Crippen LogP contribution in [0.25, 0.3) is 17.1 Å². The van der Waals surface area contributed by atoms with E-state index in [-0.39, 0.29) is 17.3 Å². The smallest absolute Gasteiger partial charge is 0.294 e. The molecule has 0 aliphatic heterocycles. The van der Waals surface area contributed by atoms with Crippen LogP contribution < -0.4 is 15.9 Å². The highest BCUT2D eigenvalue weighted by Crippen LogP contribution is 2.28. The van der Waals surface area contributed by atoms with Crippen LogP contribution in [-0.2, 0) is 6.42 Å². The fourth-order valence-corrected chi connectivity index (χ4v) is 3.75. The molecule has 0 bridgehead atoms. The van der Waals surface area contributed by atoms with Crippen molar-refractivity contribution in [3.05, 3.63) is 65.4 Å². The van der Waals surface area contributed by atoms with Gasteiger partial charge in [-0.25, -0.2) is 10.1 Å². The first-order chi connectivity index (χ1) is 16.2. The number of aryl methyl sites for hydroxylation is 1. The Morgan fingerprint density at radius 1 is 1.18 bits per heavy atom. The van der Waals surface area contributed by atoms with Crippen LogP contribution >= 0.6 is 0 Å². The highest BCUT2D eigenvalue weighted by molar-refractivity contribution is 6.06. The zero-order valence-electron chi connectivity index (χ0n) is 17.7. The molecular weight excluding hydrogens is 424 g/mol. The molecule has 4 aromatic rings. The van der Waals surface area contributed by atoms with Crippen LogP contribution in [0.2, 0.25) is 0 Å². The first kappa shape index (κ1) is 20.4. The minimum absolute atomic E-state index is 0.0156. The molecule has 2 aromatic heterocycles. The van der Waals surface area contributed by atoms with Crippen molar-refractivity contribution in [3.63, 3.8) is 0 Å². The molecule has 5 rings (SSSR count). The van der Waals surface area contributed by atoms with Crippen molar-refractivity contribution < 1.29 is 14.2 Å². The summed E-state index contributed by atoms with van der Waals surface area (Å²) in [6.45, 7) is 2.44. The molecule has 33 heavy (non-hydrogen) atoms. The normalized spacial score (nSPS) is 13.8. The van der Waals surface area contributed by atoms with E-state index in [1.165, 1.54) is 10.2 Å². The number of hydrogen-bond donors (Lipinski definition) is 2. The van der Waals surface area contributed by atoms with Gasteiger partial charge < -0.3 is 10.5 Å². The van der Waals surface area contributed by atoms with Crippen molar-refractivity contribution in [2.75, 3.05) is 12.3 Å².